The molecule has 2 aliphatic rings. The van der Waals surface area contributed by atoms with E-state index in [-0.39, 0.29) is 23.9 Å². The summed E-state index contributed by atoms with van der Waals surface area (Å²) in [6, 6.07) is -0.158. The summed E-state index contributed by atoms with van der Waals surface area (Å²) in [4.78, 5) is 26.9. The van der Waals surface area contributed by atoms with Gasteiger partial charge in [0, 0.05) is 6.04 Å². The molecule has 0 aromatic carbocycles. The molecule has 1 aliphatic carbocycles. The van der Waals surface area contributed by atoms with Crippen LogP contribution in [-0.2, 0) is 9.59 Å². The molecule has 0 aromatic heterocycles. The fraction of sp³-hybridized carbons (Fsp3) is 0.867. The lowest BCUT2D eigenvalue weighted by Gasteiger charge is -2.49. The molecule has 108 valence electrons. The van der Waals surface area contributed by atoms with E-state index in [1.165, 1.54) is 19.3 Å². The van der Waals surface area contributed by atoms with Crippen LogP contribution in [0, 0.1) is 5.92 Å². The van der Waals surface area contributed by atoms with Crippen molar-refractivity contribution in [2.24, 2.45) is 5.92 Å². The summed E-state index contributed by atoms with van der Waals surface area (Å²) < 4.78 is 0. The van der Waals surface area contributed by atoms with E-state index in [1.54, 1.807) is 0 Å². The van der Waals surface area contributed by atoms with Crippen molar-refractivity contribution < 1.29 is 9.59 Å². The van der Waals surface area contributed by atoms with Gasteiger partial charge in [0.15, 0.2) is 0 Å². The summed E-state index contributed by atoms with van der Waals surface area (Å²) in [6.07, 6.45) is 4.95. The lowest BCUT2D eigenvalue weighted by atomic mass is 9.77. The van der Waals surface area contributed by atoms with Gasteiger partial charge in [0.05, 0.1) is 0 Å². The van der Waals surface area contributed by atoms with Crippen molar-refractivity contribution in [2.75, 3.05) is 0 Å². The molecule has 2 rings (SSSR count). The Balaban J connectivity index is 2.27. The lowest BCUT2D eigenvalue weighted by molar-refractivity contribution is -0.159. The van der Waals surface area contributed by atoms with Crippen LogP contribution >= 0.6 is 0 Å². The molecular formula is C15H26N2O2. The first-order valence-electron chi connectivity index (χ1n) is 7.61. The van der Waals surface area contributed by atoms with Gasteiger partial charge in [-0.1, -0.05) is 20.3 Å². The van der Waals surface area contributed by atoms with Gasteiger partial charge in [-0.2, -0.15) is 0 Å². The van der Waals surface area contributed by atoms with Crippen molar-refractivity contribution in [1.29, 1.82) is 0 Å². The molecule has 0 bridgehead atoms. The Morgan fingerprint density at radius 2 is 1.89 bits per heavy atom. The Morgan fingerprint density at radius 3 is 2.32 bits per heavy atom. The minimum absolute atomic E-state index is 0.00512. The number of carbonyl (C=O) groups excluding carboxylic acids is 2. The normalized spacial score (nSPS) is 28.8. The number of rotatable bonds is 4. The lowest BCUT2D eigenvalue weighted by Crippen LogP contribution is -2.71. The fourth-order valence-electron chi connectivity index (χ4n) is 3.36. The summed E-state index contributed by atoms with van der Waals surface area (Å²) in [5.74, 6) is 0.683. The minimum atomic E-state index is -0.679. The van der Waals surface area contributed by atoms with Crippen LogP contribution in [-0.4, -0.2) is 34.3 Å². The maximum Gasteiger partial charge on any atom is 0.249 e. The van der Waals surface area contributed by atoms with Crippen LogP contribution in [0.3, 0.4) is 0 Å². The highest BCUT2D eigenvalue weighted by atomic mass is 16.2. The van der Waals surface area contributed by atoms with Gasteiger partial charge < -0.3 is 10.2 Å². The number of nitrogens with zero attached hydrogens (tertiary/aromatic N) is 1. The molecule has 0 aromatic rings. The van der Waals surface area contributed by atoms with Gasteiger partial charge in [0.2, 0.25) is 11.8 Å². The second-order valence-corrected chi connectivity index (χ2v) is 6.10. The maximum absolute atomic E-state index is 12.9. The zero-order chi connectivity index (χ0) is 14.2. The maximum atomic E-state index is 12.9. The Kier molecular flexibility index (Phi) is 3.88. The average molecular weight is 266 g/mol. The second-order valence-electron chi connectivity index (χ2n) is 6.10. The molecule has 1 N–H and O–H groups in total. The highest BCUT2D eigenvalue weighted by Gasteiger charge is 2.50. The quantitative estimate of drug-likeness (QED) is 0.847. The van der Waals surface area contributed by atoms with Crippen LogP contribution in [0.1, 0.15) is 59.8 Å². The van der Waals surface area contributed by atoms with E-state index in [0.29, 0.717) is 18.8 Å². The topological polar surface area (TPSA) is 49.4 Å². The third-order valence-corrected chi connectivity index (χ3v) is 5.28. The van der Waals surface area contributed by atoms with Crippen molar-refractivity contribution in [2.45, 2.75) is 77.4 Å². The van der Waals surface area contributed by atoms with Crippen LogP contribution in [0.25, 0.3) is 0 Å². The molecule has 4 nitrogen and oxygen atoms in total. The van der Waals surface area contributed by atoms with Gasteiger partial charge in [-0.15, -0.1) is 0 Å². The predicted octanol–water partition coefficient (Wildman–Crippen LogP) is 2.08. The molecule has 0 spiro atoms. The van der Waals surface area contributed by atoms with Gasteiger partial charge >= 0.3 is 0 Å². The van der Waals surface area contributed by atoms with Gasteiger partial charge in [-0.05, 0) is 45.4 Å². The molecule has 1 saturated heterocycles. The summed E-state index contributed by atoms with van der Waals surface area (Å²) in [7, 11) is 0. The summed E-state index contributed by atoms with van der Waals surface area (Å²) in [6.45, 7) is 7.90. The smallest absolute Gasteiger partial charge is 0.249 e. The van der Waals surface area contributed by atoms with E-state index in [0.717, 1.165) is 0 Å². The van der Waals surface area contributed by atoms with Crippen molar-refractivity contribution in [3.05, 3.63) is 0 Å². The number of carbonyl (C=O) groups is 2. The molecule has 2 fully saturated rings. The molecule has 1 heterocycles. The van der Waals surface area contributed by atoms with Gasteiger partial charge in [0.25, 0.3) is 0 Å². The van der Waals surface area contributed by atoms with E-state index in [4.69, 9.17) is 0 Å². The SMILES string of the molecule is CCC1(CC)NC(=O)C(C)N(C(C)C2CCC2)C1=O. The molecule has 1 saturated carbocycles. The van der Waals surface area contributed by atoms with E-state index >= 15 is 0 Å². The Labute approximate surface area is 115 Å². The molecule has 2 amide bonds. The van der Waals surface area contributed by atoms with Crippen LogP contribution in [0.4, 0.5) is 0 Å². The van der Waals surface area contributed by atoms with E-state index in [1.807, 2.05) is 25.7 Å². The van der Waals surface area contributed by atoms with Crippen LogP contribution < -0.4 is 5.32 Å². The summed E-state index contributed by atoms with van der Waals surface area (Å²) in [5.41, 5.74) is -0.679. The first kappa shape index (κ1) is 14.4. The predicted molar refractivity (Wildman–Crippen MR) is 74.6 cm³/mol. The third-order valence-electron chi connectivity index (χ3n) is 5.28. The molecule has 2 atom stereocenters. The highest BCUT2D eigenvalue weighted by molar-refractivity contribution is 5.99. The molecule has 2 unspecified atom stereocenters. The minimum Gasteiger partial charge on any atom is -0.340 e. The standard InChI is InChI=1S/C15H26N2O2/c1-5-15(6-2)14(19)17(11(4)13(18)16-15)10(3)12-8-7-9-12/h10-12H,5-9H2,1-4H3,(H,16,18). The van der Waals surface area contributed by atoms with Crippen molar-refractivity contribution >= 4 is 11.8 Å². The molecule has 4 heteroatoms. The highest BCUT2D eigenvalue weighted by Crippen LogP contribution is 2.35. The van der Waals surface area contributed by atoms with Crippen molar-refractivity contribution in [3.63, 3.8) is 0 Å². The number of nitrogens with one attached hydrogen (secondary N) is 1. The van der Waals surface area contributed by atoms with Gasteiger partial charge in [0.1, 0.15) is 11.6 Å². The summed E-state index contributed by atoms with van der Waals surface area (Å²) >= 11 is 0. The van der Waals surface area contributed by atoms with Crippen molar-refractivity contribution in [3.8, 4) is 0 Å². The fourth-order valence-corrected chi connectivity index (χ4v) is 3.36. The van der Waals surface area contributed by atoms with E-state index in [2.05, 4.69) is 12.2 Å². The van der Waals surface area contributed by atoms with Crippen LogP contribution in [0.2, 0.25) is 0 Å². The zero-order valence-corrected chi connectivity index (χ0v) is 12.5. The average Bonchev–Trinajstić information content (AvgIpc) is 2.32. The van der Waals surface area contributed by atoms with Crippen molar-refractivity contribution in [1.82, 2.24) is 10.2 Å². The third kappa shape index (κ3) is 2.15. The Bertz CT molecular complexity index is 372. The first-order valence-corrected chi connectivity index (χ1v) is 7.61. The van der Waals surface area contributed by atoms with Gasteiger partial charge in [-0.3, -0.25) is 9.59 Å². The zero-order valence-electron chi connectivity index (χ0n) is 12.5. The molecule has 19 heavy (non-hydrogen) atoms. The first-order chi connectivity index (χ1) is 8.96. The summed E-state index contributed by atoms with van der Waals surface area (Å²) in [5, 5.41) is 2.96. The van der Waals surface area contributed by atoms with Crippen LogP contribution in [0.5, 0.6) is 0 Å². The number of piperazine rings is 1. The largest absolute Gasteiger partial charge is 0.340 e. The monoisotopic (exact) mass is 266 g/mol. The second kappa shape index (κ2) is 5.14. The molecular weight excluding hydrogens is 240 g/mol. The number of hydrogen-bond donors (Lipinski definition) is 1. The van der Waals surface area contributed by atoms with E-state index < -0.39 is 5.54 Å². The Hall–Kier alpha value is -1.06. The molecule has 0 radical (unpaired) electrons. The molecule has 1 aliphatic heterocycles. The van der Waals surface area contributed by atoms with Gasteiger partial charge in [-0.25, -0.2) is 0 Å². The van der Waals surface area contributed by atoms with Crippen LogP contribution in [0.15, 0.2) is 0 Å². The Morgan fingerprint density at radius 1 is 1.32 bits per heavy atom. The van der Waals surface area contributed by atoms with E-state index in [9.17, 15) is 9.59 Å². The number of hydrogen-bond acceptors (Lipinski definition) is 2. The number of amides is 2.